The van der Waals surface area contributed by atoms with Gasteiger partial charge in [0, 0.05) is 6.54 Å². The van der Waals surface area contributed by atoms with Gasteiger partial charge in [0.15, 0.2) is 11.0 Å². The zero-order valence-electron chi connectivity index (χ0n) is 10.4. The minimum absolute atomic E-state index is 0.178. The number of H-pyrrole nitrogens is 1. The predicted molar refractivity (Wildman–Crippen MR) is 79.0 cm³/mol. The first-order valence-electron chi connectivity index (χ1n) is 6.01. The molecular formula is C12H13N5OS. The van der Waals surface area contributed by atoms with Crippen LogP contribution in [0.5, 0.6) is 0 Å². The lowest BCUT2D eigenvalue weighted by Gasteiger charge is -2.12. The molecule has 3 rings (SSSR count). The zero-order valence-corrected chi connectivity index (χ0v) is 11.2. The SMILES string of the molecule is CCNC1=NN=C(n2c(=O)[nH]c3ccccc32)CS1. The molecule has 0 saturated carbocycles. The number of hydrogen-bond donors (Lipinski definition) is 2. The predicted octanol–water partition coefficient (Wildman–Crippen LogP) is 1.20. The lowest BCUT2D eigenvalue weighted by Crippen LogP contribution is -2.31. The first kappa shape index (κ1) is 12.0. The molecule has 0 radical (unpaired) electrons. The molecule has 98 valence electrons. The number of thioether (sulfide) groups is 1. The number of benzene rings is 1. The van der Waals surface area contributed by atoms with Gasteiger partial charge in [0.05, 0.1) is 16.8 Å². The summed E-state index contributed by atoms with van der Waals surface area (Å²) in [5.74, 6) is 1.27. The number of hydrogen-bond acceptors (Lipinski definition) is 5. The zero-order chi connectivity index (χ0) is 13.2. The molecule has 2 heterocycles. The molecule has 0 saturated heterocycles. The van der Waals surface area contributed by atoms with Crippen LogP contribution < -0.4 is 11.0 Å². The summed E-state index contributed by atoms with van der Waals surface area (Å²) < 4.78 is 1.58. The second-order valence-corrected chi connectivity index (χ2v) is 4.99. The molecule has 0 atom stereocenters. The normalized spacial score (nSPS) is 15.2. The van der Waals surface area contributed by atoms with E-state index in [2.05, 4.69) is 20.5 Å². The molecule has 7 heteroatoms. The van der Waals surface area contributed by atoms with Crippen LogP contribution in [0.1, 0.15) is 6.92 Å². The molecule has 0 amide bonds. The van der Waals surface area contributed by atoms with Crippen LogP contribution in [0.4, 0.5) is 0 Å². The van der Waals surface area contributed by atoms with Crippen molar-refractivity contribution in [2.24, 2.45) is 10.2 Å². The summed E-state index contributed by atoms with van der Waals surface area (Å²) in [6.45, 7) is 2.82. The third kappa shape index (κ3) is 2.17. The van der Waals surface area contributed by atoms with Crippen LogP contribution in [0.3, 0.4) is 0 Å². The Kier molecular flexibility index (Phi) is 3.12. The van der Waals surface area contributed by atoms with Gasteiger partial charge in [0.1, 0.15) is 0 Å². The van der Waals surface area contributed by atoms with E-state index in [9.17, 15) is 4.79 Å². The van der Waals surface area contributed by atoms with E-state index in [1.54, 1.807) is 16.3 Å². The van der Waals surface area contributed by atoms with Crippen molar-refractivity contribution in [3.8, 4) is 0 Å². The highest BCUT2D eigenvalue weighted by Crippen LogP contribution is 2.14. The number of imidazole rings is 1. The topological polar surface area (TPSA) is 74.5 Å². The molecule has 0 spiro atoms. The van der Waals surface area contributed by atoms with Crippen molar-refractivity contribution < 1.29 is 0 Å². The highest BCUT2D eigenvalue weighted by molar-refractivity contribution is 8.14. The van der Waals surface area contributed by atoms with E-state index in [0.717, 1.165) is 22.7 Å². The van der Waals surface area contributed by atoms with Crippen LogP contribution >= 0.6 is 11.8 Å². The number of amidine groups is 1. The van der Waals surface area contributed by atoms with E-state index in [-0.39, 0.29) is 5.69 Å². The van der Waals surface area contributed by atoms with Crippen molar-refractivity contribution in [3.05, 3.63) is 34.7 Å². The number of aromatic amines is 1. The van der Waals surface area contributed by atoms with E-state index >= 15 is 0 Å². The fourth-order valence-corrected chi connectivity index (χ4v) is 2.75. The third-order valence-electron chi connectivity index (χ3n) is 2.77. The van der Waals surface area contributed by atoms with Gasteiger partial charge in [0.25, 0.3) is 0 Å². The Hall–Kier alpha value is -2.02. The highest BCUT2D eigenvalue weighted by atomic mass is 32.2. The van der Waals surface area contributed by atoms with Gasteiger partial charge in [-0.3, -0.25) is 0 Å². The van der Waals surface area contributed by atoms with Crippen LogP contribution in [0, 0.1) is 0 Å². The minimum Gasteiger partial charge on any atom is -0.363 e. The second kappa shape index (κ2) is 4.93. The Morgan fingerprint density at radius 3 is 3.00 bits per heavy atom. The third-order valence-corrected chi connectivity index (χ3v) is 3.67. The largest absolute Gasteiger partial charge is 0.363 e. The first-order valence-corrected chi connectivity index (χ1v) is 6.99. The summed E-state index contributed by atoms with van der Waals surface area (Å²) in [5.41, 5.74) is 1.46. The van der Waals surface area contributed by atoms with Crippen LogP contribution in [-0.4, -0.2) is 32.9 Å². The van der Waals surface area contributed by atoms with E-state index in [1.807, 2.05) is 31.2 Å². The molecule has 0 aliphatic carbocycles. The molecule has 0 fully saturated rings. The Balaban J connectivity index is 2.06. The average Bonchev–Trinajstić information content (AvgIpc) is 2.76. The van der Waals surface area contributed by atoms with Gasteiger partial charge in [-0.15, -0.1) is 10.2 Å². The number of nitrogens with one attached hydrogen (secondary N) is 2. The molecular weight excluding hydrogens is 262 g/mol. The molecule has 0 bridgehead atoms. The van der Waals surface area contributed by atoms with E-state index in [0.29, 0.717) is 11.6 Å². The van der Waals surface area contributed by atoms with Gasteiger partial charge < -0.3 is 10.3 Å². The van der Waals surface area contributed by atoms with Crippen molar-refractivity contribution in [1.82, 2.24) is 14.9 Å². The molecule has 1 aliphatic heterocycles. The van der Waals surface area contributed by atoms with Crippen LogP contribution in [0.15, 0.2) is 39.3 Å². The summed E-state index contributed by atoms with van der Waals surface area (Å²) in [6.07, 6.45) is 0. The number of nitrogens with zero attached hydrogens (tertiary/aromatic N) is 3. The average molecular weight is 275 g/mol. The van der Waals surface area contributed by atoms with Crippen molar-refractivity contribution in [2.45, 2.75) is 6.92 Å². The highest BCUT2D eigenvalue weighted by Gasteiger charge is 2.16. The molecule has 2 N–H and O–H groups in total. The fourth-order valence-electron chi connectivity index (χ4n) is 1.95. The van der Waals surface area contributed by atoms with Crippen molar-refractivity contribution in [1.29, 1.82) is 0 Å². The number of fused-ring (bicyclic) bond motifs is 1. The molecule has 2 aromatic rings. The second-order valence-electron chi connectivity index (χ2n) is 4.02. The van der Waals surface area contributed by atoms with Gasteiger partial charge in [-0.2, -0.15) is 0 Å². The monoisotopic (exact) mass is 275 g/mol. The van der Waals surface area contributed by atoms with E-state index < -0.39 is 0 Å². The molecule has 0 unspecified atom stereocenters. The maximum absolute atomic E-state index is 12.0. The minimum atomic E-state index is -0.178. The molecule has 6 nitrogen and oxygen atoms in total. The lowest BCUT2D eigenvalue weighted by atomic mass is 10.3. The van der Waals surface area contributed by atoms with Crippen LogP contribution in [0.2, 0.25) is 0 Å². The fraction of sp³-hybridized carbons (Fsp3) is 0.250. The van der Waals surface area contributed by atoms with E-state index in [1.165, 1.54) is 0 Å². The number of aromatic nitrogens is 2. The number of para-hydroxylation sites is 2. The van der Waals surface area contributed by atoms with Gasteiger partial charge in [-0.05, 0) is 19.1 Å². The maximum Gasteiger partial charge on any atom is 0.332 e. The Morgan fingerprint density at radius 2 is 2.26 bits per heavy atom. The van der Waals surface area contributed by atoms with Gasteiger partial charge in [-0.25, -0.2) is 9.36 Å². The first-order chi connectivity index (χ1) is 9.29. The Labute approximate surface area is 113 Å². The van der Waals surface area contributed by atoms with Gasteiger partial charge >= 0.3 is 5.69 Å². The maximum atomic E-state index is 12.0. The summed E-state index contributed by atoms with van der Waals surface area (Å²) in [6, 6.07) is 7.55. The van der Waals surface area contributed by atoms with Gasteiger partial charge in [0.2, 0.25) is 0 Å². The summed E-state index contributed by atoms with van der Waals surface area (Å²) >= 11 is 1.55. The van der Waals surface area contributed by atoms with Gasteiger partial charge in [-0.1, -0.05) is 23.9 Å². The summed E-state index contributed by atoms with van der Waals surface area (Å²) in [7, 11) is 0. The van der Waals surface area contributed by atoms with Crippen LogP contribution in [0.25, 0.3) is 11.0 Å². The Bertz CT molecular complexity index is 727. The number of rotatable bonds is 1. The standard InChI is InChI=1S/C12H13N5OS/c1-2-13-11-16-15-10(7-19-11)17-9-6-4-3-5-8(9)14-12(17)18/h3-6H,2,7H2,1H3,(H,13,16)(H,14,18). The van der Waals surface area contributed by atoms with Crippen molar-refractivity contribution in [3.63, 3.8) is 0 Å². The molecule has 1 aromatic heterocycles. The van der Waals surface area contributed by atoms with Crippen molar-refractivity contribution >= 4 is 33.8 Å². The van der Waals surface area contributed by atoms with Crippen LogP contribution in [-0.2, 0) is 0 Å². The summed E-state index contributed by atoms with van der Waals surface area (Å²) in [5, 5.41) is 12.1. The molecule has 1 aromatic carbocycles. The van der Waals surface area contributed by atoms with E-state index in [4.69, 9.17) is 0 Å². The molecule has 1 aliphatic rings. The molecule has 19 heavy (non-hydrogen) atoms. The Morgan fingerprint density at radius 1 is 1.42 bits per heavy atom. The summed E-state index contributed by atoms with van der Waals surface area (Å²) in [4.78, 5) is 14.8. The quantitative estimate of drug-likeness (QED) is 0.821. The lowest BCUT2D eigenvalue weighted by molar-refractivity contribution is 0.962. The van der Waals surface area contributed by atoms with Crippen molar-refractivity contribution in [2.75, 3.05) is 12.3 Å². The smallest absolute Gasteiger partial charge is 0.332 e.